The van der Waals surface area contributed by atoms with E-state index in [0.29, 0.717) is 0 Å². The van der Waals surface area contributed by atoms with Gasteiger partial charge in [0.2, 0.25) is 0 Å². The van der Waals surface area contributed by atoms with Gasteiger partial charge in [-0.2, -0.15) is 5.06 Å². The van der Waals surface area contributed by atoms with Crippen molar-refractivity contribution in [2.75, 3.05) is 20.2 Å². The van der Waals surface area contributed by atoms with Gasteiger partial charge in [-0.05, 0) is 24.7 Å². The highest BCUT2D eigenvalue weighted by atomic mass is 16.7. The topological polar surface area (TPSA) is 12.5 Å². The Hall–Kier alpha value is -0.0800. The monoisotopic (exact) mass is 157 g/mol. The van der Waals surface area contributed by atoms with Crippen molar-refractivity contribution in [3.05, 3.63) is 0 Å². The fraction of sp³-hybridized carbons (Fsp3) is 1.00. The number of hydroxylamine groups is 2. The van der Waals surface area contributed by atoms with Gasteiger partial charge in [0.15, 0.2) is 0 Å². The fourth-order valence-corrected chi connectivity index (χ4v) is 1.73. The van der Waals surface area contributed by atoms with Crippen LogP contribution in [0.4, 0.5) is 0 Å². The SMILES string of the molecule is CON1CCC(C(C)C)CC1. The molecule has 11 heavy (non-hydrogen) atoms. The maximum atomic E-state index is 5.15. The first kappa shape index (κ1) is 9.01. The maximum Gasteiger partial charge on any atom is 0.0575 e. The lowest BCUT2D eigenvalue weighted by Crippen LogP contribution is -2.34. The summed E-state index contributed by atoms with van der Waals surface area (Å²) in [4.78, 5) is 5.15. The Morgan fingerprint density at radius 1 is 1.27 bits per heavy atom. The summed E-state index contributed by atoms with van der Waals surface area (Å²) >= 11 is 0. The molecule has 0 saturated carbocycles. The minimum Gasteiger partial charge on any atom is -0.302 e. The van der Waals surface area contributed by atoms with E-state index in [4.69, 9.17) is 4.84 Å². The van der Waals surface area contributed by atoms with Crippen LogP contribution in [0.3, 0.4) is 0 Å². The van der Waals surface area contributed by atoms with Gasteiger partial charge in [-0.25, -0.2) is 0 Å². The van der Waals surface area contributed by atoms with Gasteiger partial charge in [0.05, 0.1) is 7.11 Å². The van der Waals surface area contributed by atoms with Crippen molar-refractivity contribution in [2.45, 2.75) is 26.7 Å². The number of hydrogen-bond donors (Lipinski definition) is 0. The largest absolute Gasteiger partial charge is 0.302 e. The highest BCUT2D eigenvalue weighted by Crippen LogP contribution is 2.23. The minimum atomic E-state index is 0.842. The predicted octanol–water partition coefficient (Wildman–Crippen LogP) is 1.92. The van der Waals surface area contributed by atoms with Gasteiger partial charge >= 0.3 is 0 Å². The summed E-state index contributed by atoms with van der Waals surface area (Å²) in [6, 6.07) is 0. The van der Waals surface area contributed by atoms with Crippen molar-refractivity contribution in [3.63, 3.8) is 0 Å². The second kappa shape index (κ2) is 4.07. The van der Waals surface area contributed by atoms with E-state index in [2.05, 4.69) is 18.9 Å². The molecular formula is C9H19NO. The van der Waals surface area contributed by atoms with Crippen molar-refractivity contribution in [1.82, 2.24) is 5.06 Å². The summed E-state index contributed by atoms with van der Waals surface area (Å²) in [6.45, 7) is 6.85. The summed E-state index contributed by atoms with van der Waals surface area (Å²) in [5.74, 6) is 1.76. The molecule has 0 aromatic rings. The molecule has 0 amide bonds. The molecule has 0 spiro atoms. The molecule has 2 nitrogen and oxygen atoms in total. The Morgan fingerprint density at radius 3 is 2.18 bits per heavy atom. The summed E-state index contributed by atoms with van der Waals surface area (Å²) in [5.41, 5.74) is 0. The molecule has 0 aromatic heterocycles. The van der Waals surface area contributed by atoms with E-state index in [9.17, 15) is 0 Å². The highest BCUT2D eigenvalue weighted by Gasteiger charge is 2.20. The van der Waals surface area contributed by atoms with Crippen LogP contribution in [0.2, 0.25) is 0 Å². The lowest BCUT2D eigenvalue weighted by atomic mass is 9.87. The standard InChI is InChI=1S/C9H19NO/c1-8(2)9-4-6-10(11-3)7-5-9/h8-9H,4-7H2,1-3H3. The lowest BCUT2D eigenvalue weighted by molar-refractivity contribution is -0.150. The van der Waals surface area contributed by atoms with Gasteiger partial charge in [0, 0.05) is 13.1 Å². The van der Waals surface area contributed by atoms with E-state index >= 15 is 0 Å². The van der Waals surface area contributed by atoms with E-state index in [0.717, 1.165) is 24.9 Å². The molecule has 0 aliphatic carbocycles. The average molecular weight is 157 g/mol. The Kier molecular flexibility index (Phi) is 3.34. The van der Waals surface area contributed by atoms with Crippen LogP contribution in [0.5, 0.6) is 0 Å². The Balaban J connectivity index is 2.24. The zero-order valence-electron chi connectivity index (χ0n) is 7.84. The smallest absolute Gasteiger partial charge is 0.0575 e. The van der Waals surface area contributed by atoms with Gasteiger partial charge in [0.25, 0.3) is 0 Å². The second-order valence-electron chi connectivity index (χ2n) is 3.69. The molecule has 1 heterocycles. The molecule has 1 rings (SSSR count). The van der Waals surface area contributed by atoms with Gasteiger partial charge in [0.1, 0.15) is 0 Å². The van der Waals surface area contributed by atoms with E-state index in [1.807, 2.05) is 0 Å². The third kappa shape index (κ3) is 2.46. The van der Waals surface area contributed by atoms with Crippen LogP contribution < -0.4 is 0 Å². The first-order chi connectivity index (χ1) is 5.24. The zero-order chi connectivity index (χ0) is 8.27. The van der Waals surface area contributed by atoms with Crippen LogP contribution in [-0.2, 0) is 4.84 Å². The van der Waals surface area contributed by atoms with Crippen LogP contribution in [0, 0.1) is 11.8 Å². The van der Waals surface area contributed by atoms with Gasteiger partial charge in [-0.15, -0.1) is 0 Å². The molecule has 1 aliphatic rings. The van der Waals surface area contributed by atoms with E-state index < -0.39 is 0 Å². The minimum absolute atomic E-state index is 0.842. The predicted molar refractivity (Wildman–Crippen MR) is 46.1 cm³/mol. The molecule has 0 atom stereocenters. The molecule has 1 fully saturated rings. The quantitative estimate of drug-likeness (QED) is 0.607. The Bertz CT molecular complexity index is 106. The van der Waals surface area contributed by atoms with Crippen molar-refractivity contribution < 1.29 is 4.84 Å². The van der Waals surface area contributed by atoms with Crippen LogP contribution in [0.25, 0.3) is 0 Å². The van der Waals surface area contributed by atoms with Gasteiger partial charge < -0.3 is 4.84 Å². The average Bonchev–Trinajstić information content (AvgIpc) is 2.05. The molecule has 0 aromatic carbocycles. The van der Waals surface area contributed by atoms with Crippen molar-refractivity contribution in [1.29, 1.82) is 0 Å². The summed E-state index contributed by atoms with van der Waals surface area (Å²) in [5, 5.41) is 2.05. The second-order valence-corrected chi connectivity index (χ2v) is 3.69. The van der Waals surface area contributed by atoms with Crippen LogP contribution in [0.1, 0.15) is 26.7 Å². The third-order valence-electron chi connectivity index (χ3n) is 2.70. The first-order valence-corrected chi connectivity index (χ1v) is 4.53. The maximum absolute atomic E-state index is 5.15. The third-order valence-corrected chi connectivity index (χ3v) is 2.70. The molecule has 1 aliphatic heterocycles. The van der Waals surface area contributed by atoms with Crippen LogP contribution in [0.15, 0.2) is 0 Å². The van der Waals surface area contributed by atoms with Crippen LogP contribution in [-0.4, -0.2) is 25.3 Å². The van der Waals surface area contributed by atoms with Crippen molar-refractivity contribution in [2.24, 2.45) is 11.8 Å². The van der Waals surface area contributed by atoms with Gasteiger partial charge in [-0.1, -0.05) is 13.8 Å². The number of hydrogen-bond acceptors (Lipinski definition) is 2. The molecule has 0 radical (unpaired) electrons. The summed E-state index contributed by atoms with van der Waals surface area (Å²) in [6.07, 6.45) is 2.59. The molecule has 66 valence electrons. The number of nitrogens with zero attached hydrogens (tertiary/aromatic N) is 1. The summed E-state index contributed by atoms with van der Waals surface area (Å²) in [7, 11) is 1.76. The van der Waals surface area contributed by atoms with Gasteiger partial charge in [-0.3, -0.25) is 0 Å². The number of piperidine rings is 1. The van der Waals surface area contributed by atoms with Crippen molar-refractivity contribution >= 4 is 0 Å². The first-order valence-electron chi connectivity index (χ1n) is 4.53. The lowest BCUT2D eigenvalue weighted by Gasteiger charge is -2.31. The zero-order valence-corrected chi connectivity index (χ0v) is 7.84. The van der Waals surface area contributed by atoms with E-state index in [-0.39, 0.29) is 0 Å². The highest BCUT2D eigenvalue weighted by molar-refractivity contribution is 4.70. The van der Waals surface area contributed by atoms with E-state index in [1.54, 1.807) is 7.11 Å². The Morgan fingerprint density at radius 2 is 1.82 bits per heavy atom. The molecule has 0 N–H and O–H groups in total. The molecule has 0 unspecified atom stereocenters. The van der Waals surface area contributed by atoms with Crippen LogP contribution >= 0.6 is 0 Å². The Labute approximate surface area is 69.5 Å². The molecule has 1 saturated heterocycles. The molecular weight excluding hydrogens is 138 g/mol. The number of rotatable bonds is 2. The fourth-order valence-electron chi connectivity index (χ4n) is 1.73. The summed E-state index contributed by atoms with van der Waals surface area (Å²) < 4.78 is 0. The normalized spacial score (nSPS) is 22.9. The molecule has 0 bridgehead atoms. The molecule has 2 heteroatoms. The van der Waals surface area contributed by atoms with E-state index in [1.165, 1.54) is 12.8 Å². The van der Waals surface area contributed by atoms with Crippen molar-refractivity contribution in [3.8, 4) is 0 Å².